The first kappa shape index (κ1) is 15.7. The second-order valence-corrected chi connectivity index (χ2v) is 4.70. The van der Waals surface area contributed by atoms with Crippen molar-refractivity contribution >= 4 is 17.7 Å². The van der Waals surface area contributed by atoms with Crippen LogP contribution >= 0.6 is 11.8 Å². The number of carbonyl (C=O) groups excluding carboxylic acids is 1. The maximum Gasteiger partial charge on any atom is 0.573 e. The fourth-order valence-electron chi connectivity index (χ4n) is 1.44. The number of rotatable bonds is 5. The van der Waals surface area contributed by atoms with Gasteiger partial charge in [-0.3, -0.25) is 4.79 Å². The van der Waals surface area contributed by atoms with Gasteiger partial charge >= 0.3 is 6.36 Å². The first-order chi connectivity index (χ1) is 8.83. The number of hydrogen-bond donors (Lipinski definition) is 0. The van der Waals surface area contributed by atoms with Gasteiger partial charge in [0, 0.05) is 19.2 Å². The van der Waals surface area contributed by atoms with E-state index in [1.54, 1.807) is 19.4 Å². The molecule has 0 unspecified atom stereocenters. The van der Waals surface area contributed by atoms with Crippen molar-refractivity contribution in [2.45, 2.75) is 12.9 Å². The molecule has 0 fully saturated rings. The molecule has 0 aromatic heterocycles. The van der Waals surface area contributed by atoms with Gasteiger partial charge in [0.2, 0.25) is 5.91 Å². The van der Waals surface area contributed by atoms with Gasteiger partial charge in [0.05, 0.1) is 5.75 Å². The summed E-state index contributed by atoms with van der Waals surface area (Å²) in [7, 11) is 1.54. The summed E-state index contributed by atoms with van der Waals surface area (Å²) < 4.78 is 40.6. The van der Waals surface area contributed by atoms with E-state index >= 15 is 0 Å². The number of ether oxygens (including phenoxy) is 1. The van der Waals surface area contributed by atoms with Crippen molar-refractivity contribution in [3.8, 4) is 5.75 Å². The van der Waals surface area contributed by atoms with E-state index in [1.165, 1.54) is 34.9 Å². The SMILES string of the molecule is CSCC(=O)N(C)Cc1ccccc1OC(F)(F)F. The minimum Gasteiger partial charge on any atom is -0.405 e. The van der Waals surface area contributed by atoms with Crippen LogP contribution < -0.4 is 4.74 Å². The zero-order chi connectivity index (χ0) is 14.5. The molecule has 0 atom stereocenters. The normalized spacial score (nSPS) is 11.2. The van der Waals surface area contributed by atoms with Crippen LogP contribution in [0.25, 0.3) is 0 Å². The molecule has 0 aliphatic heterocycles. The Morgan fingerprint density at radius 1 is 1.37 bits per heavy atom. The van der Waals surface area contributed by atoms with E-state index in [9.17, 15) is 18.0 Å². The van der Waals surface area contributed by atoms with Crippen LogP contribution in [-0.2, 0) is 11.3 Å². The lowest BCUT2D eigenvalue weighted by Gasteiger charge is -2.19. The molecule has 0 bridgehead atoms. The quantitative estimate of drug-likeness (QED) is 0.836. The summed E-state index contributed by atoms with van der Waals surface area (Å²) in [5.74, 6) is -0.133. The topological polar surface area (TPSA) is 29.5 Å². The first-order valence-corrected chi connectivity index (χ1v) is 6.79. The molecule has 0 spiro atoms. The van der Waals surface area contributed by atoms with Crippen LogP contribution in [0, 0.1) is 0 Å². The first-order valence-electron chi connectivity index (χ1n) is 5.40. The van der Waals surface area contributed by atoms with Gasteiger partial charge in [0.25, 0.3) is 0 Å². The molecule has 1 aromatic carbocycles. The molecule has 0 aliphatic rings. The predicted octanol–water partition coefficient (Wildman–Crippen LogP) is 2.91. The summed E-state index contributed by atoms with van der Waals surface area (Å²) in [6.07, 6.45) is -2.95. The Labute approximate surface area is 113 Å². The average Bonchev–Trinajstić information content (AvgIpc) is 2.30. The molecule has 1 amide bonds. The number of amides is 1. The Kier molecular flexibility index (Phi) is 5.53. The van der Waals surface area contributed by atoms with Crippen molar-refractivity contribution in [3.63, 3.8) is 0 Å². The number of carbonyl (C=O) groups is 1. The van der Waals surface area contributed by atoms with Crippen LogP contribution in [-0.4, -0.2) is 36.2 Å². The van der Waals surface area contributed by atoms with Gasteiger partial charge in [0.15, 0.2) is 0 Å². The highest BCUT2D eigenvalue weighted by molar-refractivity contribution is 7.99. The van der Waals surface area contributed by atoms with E-state index < -0.39 is 6.36 Å². The minimum absolute atomic E-state index is 0.0750. The van der Waals surface area contributed by atoms with Gasteiger partial charge in [-0.1, -0.05) is 18.2 Å². The highest BCUT2D eigenvalue weighted by Gasteiger charge is 2.32. The summed E-state index contributed by atoms with van der Waals surface area (Å²) in [4.78, 5) is 13.0. The molecule has 106 valence electrons. The van der Waals surface area contributed by atoms with Crippen molar-refractivity contribution in [2.75, 3.05) is 19.1 Å². The van der Waals surface area contributed by atoms with Crippen LogP contribution in [0.1, 0.15) is 5.56 Å². The fourth-order valence-corrected chi connectivity index (χ4v) is 1.90. The lowest BCUT2D eigenvalue weighted by molar-refractivity contribution is -0.274. The van der Waals surface area contributed by atoms with Gasteiger partial charge < -0.3 is 9.64 Å². The number of halogens is 3. The summed E-state index contributed by atoms with van der Waals surface area (Å²) in [6.45, 7) is 0.0750. The third-order valence-corrected chi connectivity index (χ3v) is 2.84. The Bertz CT molecular complexity index is 437. The second-order valence-electron chi connectivity index (χ2n) is 3.84. The maximum atomic E-state index is 12.2. The van der Waals surface area contributed by atoms with Crippen molar-refractivity contribution in [3.05, 3.63) is 29.8 Å². The number of benzene rings is 1. The monoisotopic (exact) mass is 293 g/mol. The van der Waals surface area contributed by atoms with Gasteiger partial charge in [-0.25, -0.2) is 0 Å². The van der Waals surface area contributed by atoms with Crippen LogP contribution in [0.2, 0.25) is 0 Å². The van der Waals surface area contributed by atoms with Gasteiger partial charge in [-0.2, -0.15) is 11.8 Å². The van der Waals surface area contributed by atoms with E-state index in [2.05, 4.69) is 4.74 Å². The second kappa shape index (κ2) is 6.70. The Balaban J connectivity index is 2.80. The van der Waals surface area contributed by atoms with E-state index in [1.807, 2.05) is 0 Å². The largest absolute Gasteiger partial charge is 0.573 e. The van der Waals surface area contributed by atoms with Crippen LogP contribution in [0.5, 0.6) is 5.75 Å². The van der Waals surface area contributed by atoms with Crippen LogP contribution in [0.3, 0.4) is 0 Å². The van der Waals surface area contributed by atoms with Crippen molar-refractivity contribution in [2.24, 2.45) is 0 Å². The smallest absolute Gasteiger partial charge is 0.405 e. The molecule has 0 N–H and O–H groups in total. The highest BCUT2D eigenvalue weighted by Crippen LogP contribution is 2.26. The van der Waals surface area contributed by atoms with E-state index in [-0.39, 0.29) is 18.2 Å². The van der Waals surface area contributed by atoms with E-state index in [4.69, 9.17) is 0 Å². The zero-order valence-electron chi connectivity index (χ0n) is 10.5. The lowest BCUT2D eigenvalue weighted by atomic mass is 10.2. The molecular weight excluding hydrogens is 279 g/mol. The summed E-state index contributed by atoms with van der Waals surface area (Å²) in [5.41, 5.74) is 0.316. The molecule has 7 heteroatoms. The number of alkyl halides is 3. The van der Waals surface area contributed by atoms with Gasteiger partial charge in [0.1, 0.15) is 5.75 Å². The summed E-state index contributed by atoms with van der Waals surface area (Å²) in [5, 5.41) is 0. The summed E-state index contributed by atoms with van der Waals surface area (Å²) >= 11 is 1.36. The van der Waals surface area contributed by atoms with Crippen molar-refractivity contribution in [1.29, 1.82) is 0 Å². The maximum absolute atomic E-state index is 12.2. The average molecular weight is 293 g/mol. The minimum atomic E-state index is -4.74. The predicted molar refractivity (Wildman–Crippen MR) is 68.0 cm³/mol. The summed E-state index contributed by atoms with van der Waals surface area (Å²) in [6, 6.07) is 5.79. The Hall–Kier alpha value is -1.37. The molecule has 0 radical (unpaired) electrons. The molecule has 19 heavy (non-hydrogen) atoms. The Morgan fingerprint density at radius 3 is 2.58 bits per heavy atom. The van der Waals surface area contributed by atoms with E-state index in [0.717, 1.165) is 0 Å². The van der Waals surface area contributed by atoms with E-state index in [0.29, 0.717) is 11.3 Å². The molecular formula is C12H14F3NO2S. The van der Waals surface area contributed by atoms with Crippen LogP contribution in [0.4, 0.5) is 13.2 Å². The zero-order valence-corrected chi connectivity index (χ0v) is 11.3. The molecule has 0 aliphatic carbocycles. The molecule has 0 saturated heterocycles. The number of thioether (sulfide) groups is 1. The van der Waals surface area contributed by atoms with Gasteiger partial charge in [-0.05, 0) is 12.3 Å². The van der Waals surface area contributed by atoms with Crippen LogP contribution in [0.15, 0.2) is 24.3 Å². The molecule has 1 rings (SSSR count). The number of hydrogen-bond acceptors (Lipinski definition) is 3. The number of nitrogens with zero attached hydrogens (tertiary/aromatic N) is 1. The third-order valence-electron chi connectivity index (χ3n) is 2.30. The molecule has 0 heterocycles. The third kappa shape index (κ3) is 5.42. The highest BCUT2D eigenvalue weighted by atomic mass is 32.2. The van der Waals surface area contributed by atoms with Gasteiger partial charge in [-0.15, -0.1) is 13.2 Å². The molecule has 0 saturated carbocycles. The van der Waals surface area contributed by atoms with Crippen molar-refractivity contribution in [1.82, 2.24) is 4.90 Å². The standard InChI is InChI=1S/C12H14F3NO2S/c1-16(11(17)8-19-2)7-9-5-3-4-6-10(9)18-12(13,14)15/h3-6H,7-8H2,1-2H3. The lowest BCUT2D eigenvalue weighted by Crippen LogP contribution is -2.28. The molecule has 1 aromatic rings. The fraction of sp³-hybridized carbons (Fsp3) is 0.417. The molecule has 3 nitrogen and oxygen atoms in total. The Morgan fingerprint density at radius 2 is 2.00 bits per heavy atom. The van der Waals surface area contributed by atoms with Crippen molar-refractivity contribution < 1.29 is 22.7 Å². The number of para-hydroxylation sites is 1.